The molecule has 0 bridgehead atoms. The maximum Gasteiger partial charge on any atom is 0.192 e. The highest BCUT2D eigenvalue weighted by Gasteiger charge is 2.36. The van der Waals surface area contributed by atoms with Gasteiger partial charge in [0, 0.05) is 29.3 Å². The third kappa shape index (κ3) is 4.70. The Bertz CT molecular complexity index is 739. The number of aromatic nitrogens is 1. The minimum atomic E-state index is -1.68. The van der Waals surface area contributed by atoms with Crippen molar-refractivity contribution in [3.63, 3.8) is 0 Å². The van der Waals surface area contributed by atoms with E-state index in [1.807, 2.05) is 20.8 Å². The number of hydrogen-bond acceptors (Lipinski definition) is 3. The van der Waals surface area contributed by atoms with Gasteiger partial charge in [0.1, 0.15) is 0 Å². The third-order valence-corrected chi connectivity index (χ3v) is 10.4. The predicted molar refractivity (Wildman–Crippen MR) is 115 cm³/mol. The average Bonchev–Trinajstić information content (AvgIpc) is 2.91. The molecule has 0 radical (unpaired) electrons. The highest BCUT2D eigenvalue weighted by molar-refractivity contribution is 6.74. The maximum atomic E-state index is 10.3. The molecule has 0 aliphatic heterocycles. The Morgan fingerprint density at radius 3 is 2.38 bits per heavy atom. The Morgan fingerprint density at radius 1 is 1.15 bits per heavy atom. The van der Waals surface area contributed by atoms with Gasteiger partial charge >= 0.3 is 0 Å². The second-order valence-corrected chi connectivity index (χ2v) is 14.2. The van der Waals surface area contributed by atoms with Crippen LogP contribution in [0.5, 0.6) is 0 Å². The van der Waals surface area contributed by atoms with E-state index in [0.29, 0.717) is 0 Å². The monoisotopic (exact) mass is 376 g/mol. The normalized spacial score (nSPS) is 14.7. The summed E-state index contributed by atoms with van der Waals surface area (Å²) in [6, 6.07) is 8.50. The molecule has 5 heteroatoms. The fraction of sp³-hybridized carbons (Fsp3) is 0.619. The van der Waals surface area contributed by atoms with Gasteiger partial charge in [-0.15, -0.1) is 0 Å². The molecule has 2 N–H and O–H groups in total. The third-order valence-electron chi connectivity index (χ3n) is 5.86. The van der Waals surface area contributed by atoms with Crippen LogP contribution in [0.25, 0.3) is 10.9 Å². The van der Waals surface area contributed by atoms with E-state index in [2.05, 4.69) is 74.2 Å². The molecule has 1 atom stereocenters. The quantitative estimate of drug-likeness (QED) is 0.502. The molecule has 1 heterocycles. The molecule has 26 heavy (non-hydrogen) atoms. The summed E-state index contributed by atoms with van der Waals surface area (Å²) in [6.07, 6.45) is 2.05. The van der Waals surface area contributed by atoms with E-state index < -0.39 is 13.9 Å². The lowest BCUT2D eigenvalue weighted by Crippen LogP contribution is -2.41. The second-order valence-electron chi connectivity index (χ2n) is 9.36. The Kier molecular flexibility index (Phi) is 5.95. The van der Waals surface area contributed by atoms with Gasteiger partial charge in [0.25, 0.3) is 0 Å². The molecule has 4 nitrogen and oxygen atoms in total. The molecule has 0 aliphatic carbocycles. The van der Waals surface area contributed by atoms with Gasteiger partial charge in [0.2, 0.25) is 0 Å². The lowest BCUT2D eigenvalue weighted by molar-refractivity contribution is 0.0322. The average molecular weight is 377 g/mol. The number of anilines is 1. The number of fused-ring (bicyclic) bond motifs is 1. The molecule has 0 saturated heterocycles. The molecule has 0 saturated carbocycles. The van der Waals surface area contributed by atoms with Crippen LogP contribution in [0, 0.1) is 0 Å². The number of rotatable bonds is 7. The van der Waals surface area contributed by atoms with Crippen LogP contribution in [-0.4, -0.2) is 36.7 Å². The van der Waals surface area contributed by atoms with E-state index in [1.165, 1.54) is 5.39 Å². The van der Waals surface area contributed by atoms with Gasteiger partial charge in [-0.2, -0.15) is 0 Å². The van der Waals surface area contributed by atoms with Gasteiger partial charge in [0.05, 0.1) is 18.2 Å². The lowest BCUT2D eigenvalue weighted by Gasteiger charge is -2.36. The highest BCUT2D eigenvalue weighted by atomic mass is 28.4. The van der Waals surface area contributed by atoms with Crippen molar-refractivity contribution in [2.75, 3.05) is 18.5 Å². The molecule has 146 valence electrons. The van der Waals surface area contributed by atoms with Gasteiger partial charge in [-0.25, -0.2) is 0 Å². The van der Waals surface area contributed by atoms with Crippen LogP contribution in [0.1, 0.15) is 47.6 Å². The van der Waals surface area contributed by atoms with Crippen molar-refractivity contribution in [2.24, 2.45) is 0 Å². The number of benzene rings is 1. The van der Waals surface area contributed by atoms with E-state index in [0.717, 1.165) is 24.4 Å². The molecule has 1 aromatic carbocycles. The Labute approximate surface area is 159 Å². The van der Waals surface area contributed by atoms with Crippen LogP contribution in [0.3, 0.4) is 0 Å². The van der Waals surface area contributed by atoms with Crippen molar-refractivity contribution in [1.82, 2.24) is 4.57 Å². The number of aliphatic hydroxyl groups is 1. The SMILES string of the molecule is C[C@H](n1ccc2cc(NCCO[Si](C)(C)C(C)(C)C)ccc21)C(C)(C)O. The number of nitrogens with zero attached hydrogens (tertiary/aromatic N) is 1. The topological polar surface area (TPSA) is 46.4 Å². The van der Waals surface area contributed by atoms with Crippen LogP contribution < -0.4 is 5.32 Å². The Hall–Kier alpha value is -1.30. The summed E-state index contributed by atoms with van der Waals surface area (Å²) in [4.78, 5) is 0. The largest absolute Gasteiger partial charge is 0.415 e. The summed E-state index contributed by atoms with van der Waals surface area (Å²) in [5, 5.41) is 15.2. The molecular formula is C21H36N2O2Si. The van der Waals surface area contributed by atoms with Crippen molar-refractivity contribution in [2.45, 2.75) is 71.3 Å². The van der Waals surface area contributed by atoms with E-state index in [1.54, 1.807) is 0 Å². The maximum absolute atomic E-state index is 10.3. The molecule has 0 fully saturated rings. The molecule has 2 aromatic rings. The minimum absolute atomic E-state index is 0.0109. The molecule has 0 unspecified atom stereocenters. The van der Waals surface area contributed by atoms with Gasteiger partial charge in [0.15, 0.2) is 8.32 Å². The predicted octanol–water partition coefficient (Wildman–Crippen LogP) is 5.41. The first kappa shape index (κ1) is 21.0. The zero-order valence-corrected chi connectivity index (χ0v) is 18.7. The van der Waals surface area contributed by atoms with Gasteiger partial charge in [-0.05, 0) is 63.2 Å². The van der Waals surface area contributed by atoms with Crippen molar-refractivity contribution >= 4 is 24.9 Å². The summed E-state index contributed by atoms with van der Waals surface area (Å²) < 4.78 is 8.36. The second kappa shape index (κ2) is 7.37. The zero-order valence-electron chi connectivity index (χ0n) is 17.7. The molecule has 0 aliphatic rings. The van der Waals surface area contributed by atoms with Crippen LogP contribution in [0.2, 0.25) is 18.1 Å². The molecule has 0 amide bonds. The van der Waals surface area contributed by atoms with E-state index >= 15 is 0 Å². The summed E-state index contributed by atoms with van der Waals surface area (Å²) in [5.41, 5.74) is 1.48. The van der Waals surface area contributed by atoms with Crippen LogP contribution >= 0.6 is 0 Å². The van der Waals surface area contributed by atoms with Crippen LogP contribution in [-0.2, 0) is 4.43 Å². The smallest absolute Gasteiger partial charge is 0.192 e. The number of nitrogens with one attached hydrogen (secondary N) is 1. The Balaban J connectivity index is 2.00. The minimum Gasteiger partial charge on any atom is -0.415 e. The van der Waals surface area contributed by atoms with Gasteiger partial charge < -0.3 is 19.4 Å². The van der Waals surface area contributed by atoms with Crippen molar-refractivity contribution in [3.05, 3.63) is 30.5 Å². The van der Waals surface area contributed by atoms with Crippen LogP contribution in [0.4, 0.5) is 5.69 Å². The summed E-state index contributed by atoms with van der Waals surface area (Å²) in [7, 11) is -1.68. The molecular weight excluding hydrogens is 340 g/mol. The number of hydrogen-bond donors (Lipinski definition) is 2. The molecule has 0 spiro atoms. The van der Waals surface area contributed by atoms with E-state index in [-0.39, 0.29) is 11.1 Å². The molecule has 2 rings (SSSR count). The first-order valence-corrected chi connectivity index (χ1v) is 12.4. The van der Waals surface area contributed by atoms with E-state index in [4.69, 9.17) is 4.43 Å². The first-order chi connectivity index (χ1) is 11.8. The Morgan fingerprint density at radius 2 is 1.81 bits per heavy atom. The summed E-state index contributed by atoms with van der Waals surface area (Å²) in [6.45, 7) is 18.6. The zero-order chi connectivity index (χ0) is 19.8. The van der Waals surface area contributed by atoms with E-state index in [9.17, 15) is 5.11 Å². The summed E-state index contributed by atoms with van der Waals surface area (Å²) in [5.74, 6) is 0. The van der Waals surface area contributed by atoms with Crippen molar-refractivity contribution < 1.29 is 9.53 Å². The van der Waals surface area contributed by atoms with Crippen LogP contribution in [0.15, 0.2) is 30.5 Å². The fourth-order valence-electron chi connectivity index (χ4n) is 2.67. The van der Waals surface area contributed by atoms with Gasteiger partial charge in [-0.1, -0.05) is 20.8 Å². The first-order valence-electron chi connectivity index (χ1n) is 9.54. The highest BCUT2D eigenvalue weighted by Crippen LogP contribution is 2.36. The molecule has 1 aromatic heterocycles. The standard InChI is InChI=1S/C21H36N2O2Si/c1-16(21(5,6)24)23-13-11-17-15-18(9-10-19(17)23)22-12-14-25-26(7,8)20(2,3)4/h9-11,13,15-16,22,24H,12,14H2,1-8H3/t16-/m0/s1. The lowest BCUT2D eigenvalue weighted by atomic mass is 10.0. The van der Waals surface area contributed by atoms with Gasteiger partial charge in [-0.3, -0.25) is 0 Å². The summed E-state index contributed by atoms with van der Waals surface area (Å²) >= 11 is 0. The van der Waals surface area contributed by atoms with Crippen molar-refractivity contribution in [3.8, 4) is 0 Å². The fourth-order valence-corrected chi connectivity index (χ4v) is 3.72. The van der Waals surface area contributed by atoms with Crippen molar-refractivity contribution in [1.29, 1.82) is 0 Å².